The number of hydrogen-bond donors (Lipinski definition) is 2. The summed E-state index contributed by atoms with van der Waals surface area (Å²) in [6.45, 7) is 2.97. The van der Waals surface area contributed by atoms with Crippen LogP contribution in [0.1, 0.15) is 39.5 Å². The molecule has 2 atom stereocenters. The maximum atomic E-state index is 12.0. The van der Waals surface area contributed by atoms with Gasteiger partial charge in [-0.05, 0) is 39.0 Å². The van der Waals surface area contributed by atoms with Crippen LogP contribution in [0, 0.1) is 5.92 Å². The van der Waals surface area contributed by atoms with Crippen LogP contribution < -0.4 is 5.32 Å². The molecule has 2 unspecified atom stereocenters. The van der Waals surface area contributed by atoms with Crippen molar-refractivity contribution in [2.75, 3.05) is 12.9 Å². The maximum absolute atomic E-state index is 12.0. The minimum Gasteiger partial charge on any atom is -0.396 e. The quantitative estimate of drug-likeness (QED) is 0.783. The summed E-state index contributed by atoms with van der Waals surface area (Å²) in [5.41, 5.74) is 0. The molecule has 0 radical (unpaired) electrons. The molecule has 0 aliphatic heterocycles. The number of carbonyl (C=O) groups excluding carboxylic acids is 1. The molecule has 6 heteroatoms. The molecule has 0 heterocycles. The predicted molar refractivity (Wildman–Crippen MR) is 69.9 cm³/mol. The Morgan fingerprint density at radius 3 is 2.50 bits per heavy atom. The first-order chi connectivity index (χ1) is 8.18. The Balaban J connectivity index is 2.65. The lowest BCUT2D eigenvalue weighted by molar-refractivity contribution is -0.123. The molecule has 1 aliphatic carbocycles. The van der Waals surface area contributed by atoms with Gasteiger partial charge in [0.25, 0.3) is 0 Å². The zero-order valence-corrected chi connectivity index (χ0v) is 12.1. The van der Waals surface area contributed by atoms with Gasteiger partial charge in [0.05, 0.1) is 0 Å². The molecule has 1 fully saturated rings. The van der Waals surface area contributed by atoms with E-state index in [4.69, 9.17) is 5.11 Å². The van der Waals surface area contributed by atoms with Crippen LogP contribution in [-0.4, -0.2) is 43.1 Å². The third-order valence-electron chi connectivity index (χ3n) is 3.85. The fraction of sp³-hybridized carbons (Fsp3) is 0.917. The fourth-order valence-electron chi connectivity index (χ4n) is 2.12. The Bertz CT molecular complexity index is 402. The second kappa shape index (κ2) is 5.57. The normalized spacial score (nSPS) is 25.8. The van der Waals surface area contributed by atoms with Gasteiger partial charge in [-0.25, -0.2) is 8.42 Å². The molecule has 0 spiro atoms. The first-order valence-electron chi connectivity index (χ1n) is 6.30. The molecule has 0 bridgehead atoms. The van der Waals surface area contributed by atoms with Gasteiger partial charge in [0.15, 0.2) is 9.84 Å². The van der Waals surface area contributed by atoms with Crippen LogP contribution in [0.4, 0.5) is 0 Å². The van der Waals surface area contributed by atoms with Gasteiger partial charge in [-0.15, -0.1) is 0 Å². The van der Waals surface area contributed by atoms with E-state index >= 15 is 0 Å². The minimum absolute atomic E-state index is 0.0237. The molecule has 5 nitrogen and oxygen atoms in total. The highest BCUT2D eigenvalue weighted by Gasteiger charge is 2.39. The maximum Gasteiger partial charge on any atom is 0.241 e. The van der Waals surface area contributed by atoms with E-state index in [1.807, 2.05) is 0 Å². The van der Waals surface area contributed by atoms with Crippen molar-refractivity contribution in [3.05, 3.63) is 0 Å². The molecule has 1 saturated carbocycles. The lowest BCUT2D eigenvalue weighted by Crippen LogP contribution is -2.51. The summed E-state index contributed by atoms with van der Waals surface area (Å²) in [5.74, 6) is -0.237. The average molecular weight is 277 g/mol. The number of aliphatic hydroxyl groups is 1. The molecular formula is C12H23NO4S. The monoisotopic (exact) mass is 277 g/mol. The highest BCUT2D eigenvalue weighted by Crippen LogP contribution is 2.25. The van der Waals surface area contributed by atoms with Crippen LogP contribution in [0.5, 0.6) is 0 Å². The predicted octanol–water partition coefficient (Wildman–Crippen LogP) is 0.477. The van der Waals surface area contributed by atoms with Gasteiger partial charge in [0.2, 0.25) is 5.91 Å². The Hall–Kier alpha value is -0.620. The standard InChI is InChI=1S/C12H23NO4S/c1-12(2,18(3,16)17)11(15)13-10-6-4-5-9(7-10)8-14/h9-10,14H,4-8H2,1-3H3,(H,13,15). The average Bonchev–Trinajstić information content (AvgIpc) is 2.27. The van der Waals surface area contributed by atoms with Gasteiger partial charge < -0.3 is 10.4 Å². The summed E-state index contributed by atoms with van der Waals surface area (Å²) in [7, 11) is -3.43. The largest absolute Gasteiger partial charge is 0.396 e. The molecule has 1 aliphatic rings. The van der Waals surface area contributed by atoms with Gasteiger partial charge in [-0.2, -0.15) is 0 Å². The number of nitrogens with one attached hydrogen (secondary N) is 1. The Morgan fingerprint density at radius 1 is 1.39 bits per heavy atom. The number of sulfone groups is 1. The Morgan fingerprint density at radius 2 is 2.00 bits per heavy atom. The number of aliphatic hydroxyl groups excluding tert-OH is 1. The second-order valence-corrected chi connectivity index (χ2v) is 8.23. The zero-order chi connectivity index (χ0) is 14.0. The molecule has 0 aromatic rings. The minimum atomic E-state index is -3.43. The molecule has 0 aromatic heterocycles. The molecule has 18 heavy (non-hydrogen) atoms. The van der Waals surface area contributed by atoms with Gasteiger partial charge in [0, 0.05) is 18.9 Å². The molecule has 2 N–H and O–H groups in total. The second-order valence-electron chi connectivity index (χ2n) is 5.67. The van der Waals surface area contributed by atoms with E-state index in [1.165, 1.54) is 13.8 Å². The van der Waals surface area contributed by atoms with Gasteiger partial charge in [-0.1, -0.05) is 6.42 Å². The Labute approximate surface area is 109 Å². The van der Waals surface area contributed by atoms with Crippen LogP contribution in [-0.2, 0) is 14.6 Å². The van der Waals surface area contributed by atoms with E-state index < -0.39 is 20.5 Å². The molecule has 0 saturated heterocycles. The van der Waals surface area contributed by atoms with Crippen LogP contribution in [0.2, 0.25) is 0 Å². The first kappa shape index (κ1) is 15.4. The van der Waals surface area contributed by atoms with Crippen molar-refractivity contribution in [1.82, 2.24) is 5.32 Å². The van der Waals surface area contributed by atoms with Crippen LogP contribution >= 0.6 is 0 Å². The zero-order valence-electron chi connectivity index (χ0n) is 11.3. The number of carbonyl (C=O) groups is 1. The van der Waals surface area contributed by atoms with Crippen molar-refractivity contribution in [3.8, 4) is 0 Å². The van der Waals surface area contributed by atoms with Crippen molar-refractivity contribution in [2.45, 2.75) is 50.3 Å². The van der Waals surface area contributed by atoms with Crippen LogP contribution in [0.3, 0.4) is 0 Å². The van der Waals surface area contributed by atoms with E-state index in [0.717, 1.165) is 31.9 Å². The highest BCUT2D eigenvalue weighted by atomic mass is 32.2. The number of amides is 1. The van der Waals surface area contributed by atoms with E-state index in [1.54, 1.807) is 0 Å². The van der Waals surface area contributed by atoms with E-state index in [2.05, 4.69) is 5.32 Å². The van der Waals surface area contributed by atoms with Gasteiger partial charge >= 0.3 is 0 Å². The summed E-state index contributed by atoms with van der Waals surface area (Å²) in [5, 5.41) is 11.9. The third-order valence-corrected chi connectivity index (χ3v) is 5.89. The SMILES string of the molecule is CC(C)(C(=O)NC1CCCC(CO)C1)S(C)(=O)=O. The van der Waals surface area contributed by atoms with Gasteiger partial charge in [0.1, 0.15) is 4.75 Å². The van der Waals surface area contributed by atoms with Crippen molar-refractivity contribution in [1.29, 1.82) is 0 Å². The van der Waals surface area contributed by atoms with Crippen LogP contribution in [0.25, 0.3) is 0 Å². The third kappa shape index (κ3) is 3.45. The van der Waals surface area contributed by atoms with Crippen molar-refractivity contribution >= 4 is 15.7 Å². The number of rotatable bonds is 4. The van der Waals surface area contributed by atoms with Crippen molar-refractivity contribution in [2.24, 2.45) is 5.92 Å². The van der Waals surface area contributed by atoms with Crippen molar-refractivity contribution in [3.63, 3.8) is 0 Å². The van der Waals surface area contributed by atoms with Gasteiger partial charge in [-0.3, -0.25) is 4.79 Å². The molecular weight excluding hydrogens is 254 g/mol. The fourth-order valence-corrected chi connectivity index (χ4v) is 2.51. The summed E-state index contributed by atoms with van der Waals surface area (Å²) < 4.78 is 21.7. The smallest absolute Gasteiger partial charge is 0.241 e. The molecule has 1 rings (SSSR count). The lowest BCUT2D eigenvalue weighted by atomic mass is 9.86. The van der Waals surface area contributed by atoms with Crippen LogP contribution in [0.15, 0.2) is 0 Å². The number of hydrogen-bond acceptors (Lipinski definition) is 4. The highest BCUT2D eigenvalue weighted by molar-refractivity contribution is 7.92. The summed E-state index contributed by atoms with van der Waals surface area (Å²) in [4.78, 5) is 12.0. The van der Waals surface area contributed by atoms with E-state index in [0.29, 0.717) is 0 Å². The Kier molecular flexibility index (Phi) is 4.78. The first-order valence-corrected chi connectivity index (χ1v) is 8.19. The lowest BCUT2D eigenvalue weighted by Gasteiger charge is -2.31. The van der Waals surface area contributed by atoms with Crippen molar-refractivity contribution < 1.29 is 18.3 Å². The summed E-state index contributed by atoms with van der Waals surface area (Å²) >= 11 is 0. The molecule has 106 valence electrons. The molecule has 1 amide bonds. The van der Waals surface area contributed by atoms with E-state index in [9.17, 15) is 13.2 Å². The van der Waals surface area contributed by atoms with E-state index in [-0.39, 0.29) is 18.6 Å². The molecule has 0 aromatic carbocycles. The summed E-state index contributed by atoms with van der Waals surface area (Å²) in [6.07, 6.45) is 4.57. The topological polar surface area (TPSA) is 83.5 Å². The summed E-state index contributed by atoms with van der Waals surface area (Å²) in [6, 6.07) is -0.0237.